The number of methoxy groups -OCH3 is 1. The van der Waals surface area contributed by atoms with Gasteiger partial charge < -0.3 is 15.4 Å². The van der Waals surface area contributed by atoms with Crippen LogP contribution in [0.25, 0.3) is 0 Å². The lowest BCUT2D eigenvalue weighted by Gasteiger charge is -2.17. The number of hydrogen-bond donors (Lipinski definition) is 2. The van der Waals surface area contributed by atoms with Gasteiger partial charge in [-0.3, -0.25) is 4.79 Å². The second-order valence-electron chi connectivity index (χ2n) is 5.37. The smallest absolute Gasteiger partial charge is 0.239 e. The number of aryl methyl sites for hydroxylation is 1. The molecular formula is C18H21FN2O2. The first kappa shape index (κ1) is 16.8. The van der Waals surface area contributed by atoms with Gasteiger partial charge in [0.05, 0.1) is 25.4 Å². The Labute approximate surface area is 135 Å². The Morgan fingerprint density at radius 3 is 2.70 bits per heavy atom. The Kier molecular flexibility index (Phi) is 5.57. The summed E-state index contributed by atoms with van der Waals surface area (Å²) in [6.45, 7) is 3.69. The molecule has 0 spiro atoms. The van der Waals surface area contributed by atoms with E-state index in [2.05, 4.69) is 10.6 Å². The molecule has 0 bridgehead atoms. The number of ether oxygens (including phenoxy) is 1. The van der Waals surface area contributed by atoms with Gasteiger partial charge in [-0.25, -0.2) is 4.39 Å². The van der Waals surface area contributed by atoms with Crippen molar-refractivity contribution in [2.24, 2.45) is 0 Å². The molecular weight excluding hydrogens is 295 g/mol. The first-order valence-electron chi connectivity index (χ1n) is 7.43. The molecule has 0 aliphatic heterocycles. The van der Waals surface area contributed by atoms with Gasteiger partial charge >= 0.3 is 0 Å². The lowest BCUT2D eigenvalue weighted by Crippen LogP contribution is -2.32. The number of hydrogen-bond acceptors (Lipinski definition) is 3. The number of nitrogens with one attached hydrogen (secondary N) is 2. The second kappa shape index (κ2) is 7.63. The number of rotatable bonds is 6. The van der Waals surface area contributed by atoms with E-state index < -0.39 is 0 Å². The summed E-state index contributed by atoms with van der Waals surface area (Å²) in [5.41, 5.74) is 2.04. The molecule has 23 heavy (non-hydrogen) atoms. The van der Waals surface area contributed by atoms with Gasteiger partial charge in [0.2, 0.25) is 5.91 Å². The lowest BCUT2D eigenvalue weighted by molar-refractivity contribution is -0.120. The molecule has 1 amide bonds. The summed E-state index contributed by atoms with van der Waals surface area (Å²) in [4.78, 5) is 12.0. The highest BCUT2D eigenvalue weighted by atomic mass is 19.1. The van der Waals surface area contributed by atoms with Gasteiger partial charge in [0.25, 0.3) is 0 Å². The minimum absolute atomic E-state index is 0.000526. The molecule has 122 valence electrons. The molecule has 0 heterocycles. The van der Waals surface area contributed by atoms with Gasteiger partial charge in [-0.2, -0.15) is 0 Å². The molecule has 2 rings (SSSR count). The zero-order chi connectivity index (χ0) is 16.8. The third kappa shape index (κ3) is 4.45. The molecule has 0 saturated carbocycles. The predicted octanol–water partition coefficient (Wildman–Crippen LogP) is 3.43. The average molecular weight is 316 g/mol. The van der Waals surface area contributed by atoms with E-state index >= 15 is 0 Å². The van der Waals surface area contributed by atoms with Crippen molar-refractivity contribution in [1.82, 2.24) is 5.32 Å². The molecule has 0 fully saturated rings. The Morgan fingerprint density at radius 2 is 2.00 bits per heavy atom. The van der Waals surface area contributed by atoms with Gasteiger partial charge in [-0.05, 0) is 37.6 Å². The van der Waals surface area contributed by atoms with E-state index in [4.69, 9.17) is 4.74 Å². The molecule has 0 aliphatic carbocycles. The van der Waals surface area contributed by atoms with E-state index in [1.54, 1.807) is 19.2 Å². The molecule has 5 heteroatoms. The van der Waals surface area contributed by atoms with Crippen LogP contribution in [0.5, 0.6) is 5.75 Å². The van der Waals surface area contributed by atoms with Crippen LogP contribution in [0.4, 0.5) is 10.1 Å². The Bertz CT molecular complexity index is 688. The first-order chi connectivity index (χ1) is 11.0. The summed E-state index contributed by atoms with van der Waals surface area (Å²) < 4.78 is 19.0. The van der Waals surface area contributed by atoms with Crippen LogP contribution in [0, 0.1) is 12.7 Å². The number of benzene rings is 2. The van der Waals surface area contributed by atoms with E-state index in [1.165, 1.54) is 6.07 Å². The second-order valence-corrected chi connectivity index (χ2v) is 5.37. The number of para-hydroxylation sites is 1. The van der Waals surface area contributed by atoms with Crippen LogP contribution in [0.3, 0.4) is 0 Å². The minimum Gasteiger partial charge on any atom is -0.496 e. The van der Waals surface area contributed by atoms with Gasteiger partial charge in [-0.15, -0.1) is 0 Å². The van der Waals surface area contributed by atoms with Crippen LogP contribution in [0.2, 0.25) is 0 Å². The maximum absolute atomic E-state index is 13.7. The maximum atomic E-state index is 13.7. The molecule has 1 atom stereocenters. The number of amides is 1. The average Bonchev–Trinajstić information content (AvgIpc) is 2.54. The van der Waals surface area contributed by atoms with E-state index in [1.807, 2.05) is 38.1 Å². The largest absolute Gasteiger partial charge is 0.496 e. The molecule has 0 radical (unpaired) electrons. The normalized spacial score (nSPS) is 11.7. The molecule has 0 saturated heterocycles. The van der Waals surface area contributed by atoms with E-state index in [9.17, 15) is 9.18 Å². The zero-order valence-electron chi connectivity index (χ0n) is 13.5. The summed E-state index contributed by atoms with van der Waals surface area (Å²) >= 11 is 0. The molecule has 0 aliphatic rings. The van der Waals surface area contributed by atoms with Crippen LogP contribution in [-0.2, 0) is 4.79 Å². The number of carbonyl (C=O) groups excluding carboxylic acids is 1. The van der Waals surface area contributed by atoms with Gasteiger partial charge in [-0.1, -0.05) is 24.3 Å². The first-order valence-corrected chi connectivity index (χ1v) is 7.43. The standard InChI is InChI=1S/C18H21FN2O2/c1-12-8-9-16(15(19)10-12)20-11-18(22)21-13(2)14-6-4-5-7-17(14)23-3/h4-10,13,20H,11H2,1-3H3,(H,21,22). The fourth-order valence-corrected chi connectivity index (χ4v) is 2.33. The third-order valence-corrected chi connectivity index (χ3v) is 3.55. The summed E-state index contributed by atoms with van der Waals surface area (Å²) in [6.07, 6.45) is 0. The fraction of sp³-hybridized carbons (Fsp3) is 0.278. The van der Waals surface area contributed by atoms with Gasteiger partial charge in [0.15, 0.2) is 0 Å². The monoisotopic (exact) mass is 316 g/mol. The SMILES string of the molecule is COc1ccccc1C(C)NC(=O)CNc1ccc(C)cc1F. The van der Waals surface area contributed by atoms with Crippen molar-refractivity contribution >= 4 is 11.6 Å². The van der Waals surface area contributed by atoms with Crippen molar-refractivity contribution in [3.63, 3.8) is 0 Å². The van der Waals surface area contributed by atoms with Crippen molar-refractivity contribution < 1.29 is 13.9 Å². The minimum atomic E-state index is -0.365. The molecule has 2 N–H and O–H groups in total. The topological polar surface area (TPSA) is 50.4 Å². The van der Waals surface area contributed by atoms with Gasteiger partial charge in [0.1, 0.15) is 11.6 Å². The highest BCUT2D eigenvalue weighted by Gasteiger charge is 2.13. The Hall–Kier alpha value is -2.56. The van der Waals surface area contributed by atoms with E-state index in [0.29, 0.717) is 5.69 Å². The third-order valence-electron chi connectivity index (χ3n) is 3.55. The van der Waals surface area contributed by atoms with Crippen LogP contribution in [-0.4, -0.2) is 19.6 Å². The Balaban J connectivity index is 1.94. The molecule has 2 aromatic rings. The highest BCUT2D eigenvalue weighted by molar-refractivity contribution is 5.81. The van der Waals surface area contributed by atoms with Crippen LogP contribution >= 0.6 is 0 Å². The maximum Gasteiger partial charge on any atom is 0.239 e. The highest BCUT2D eigenvalue weighted by Crippen LogP contribution is 2.24. The fourth-order valence-electron chi connectivity index (χ4n) is 2.33. The summed E-state index contributed by atoms with van der Waals surface area (Å²) in [6, 6.07) is 12.1. The van der Waals surface area contributed by atoms with Crippen LogP contribution in [0.1, 0.15) is 24.1 Å². The number of anilines is 1. The van der Waals surface area contributed by atoms with Crippen molar-refractivity contribution in [2.75, 3.05) is 19.0 Å². The van der Waals surface area contributed by atoms with Crippen molar-refractivity contribution in [3.8, 4) is 5.75 Å². The zero-order valence-corrected chi connectivity index (χ0v) is 13.5. The molecule has 4 nitrogen and oxygen atoms in total. The molecule has 2 aromatic carbocycles. The van der Waals surface area contributed by atoms with Crippen molar-refractivity contribution in [1.29, 1.82) is 0 Å². The van der Waals surface area contributed by atoms with Crippen molar-refractivity contribution in [3.05, 3.63) is 59.4 Å². The summed E-state index contributed by atoms with van der Waals surface area (Å²) in [7, 11) is 1.59. The van der Waals surface area contributed by atoms with Crippen LogP contribution in [0.15, 0.2) is 42.5 Å². The molecule has 1 unspecified atom stereocenters. The lowest BCUT2D eigenvalue weighted by atomic mass is 10.1. The quantitative estimate of drug-likeness (QED) is 0.858. The summed E-state index contributed by atoms with van der Waals surface area (Å²) in [5, 5.41) is 5.68. The van der Waals surface area contributed by atoms with Crippen LogP contribution < -0.4 is 15.4 Å². The number of carbonyl (C=O) groups is 1. The van der Waals surface area contributed by atoms with Gasteiger partial charge in [0, 0.05) is 5.56 Å². The van der Waals surface area contributed by atoms with Crippen molar-refractivity contribution in [2.45, 2.75) is 19.9 Å². The predicted molar refractivity (Wildman–Crippen MR) is 89.2 cm³/mol. The number of halogens is 1. The summed E-state index contributed by atoms with van der Waals surface area (Å²) in [5.74, 6) is 0.136. The Morgan fingerprint density at radius 1 is 1.26 bits per heavy atom. The van der Waals surface area contributed by atoms with E-state index in [0.717, 1.165) is 16.9 Å². The van der Waals surface area contributed by atoms with E-state index in [-0.39, 0.29) is 24.3 Å². The molecule has 0 aromatic heterocycles.